The minimum absolute atomic E-state index is 0.0411. The van der Waals surface area contributed by atoms with Gasteiger partial charge in [0.1, 0.15) is 5.75 Å². The molecule has 0 saturated carbocycles. The lowest BCUT2D eigenvalue weighted by Gasteiger charge is -2.51. The molecule has 1 saturated heterocycles. The Kier molecular flexibility index (Phi) is 8.71. The number of unbranched alkanes of at least 4 members (excludes halogenated alkanes) is 1. The van der Waals surface area contributed by atoms with Crippen molar-refractivity contribution >= 4 is 23.6 Å². The average Bonchev–Trinajstić information content (AvgIpc) is 2.80. The molecule has 1 aromatic rings. The normalized spacial score (nSPS) is 21.3. The second kappa shape index (κ2) is 11.1. The highest BCUT2D eigenvalue weighted by molar-refractivity contribution is 6.05. The highest BCUT2D eigenvalue weighted by atomic mass is 16.5. The van der Waals surface area contributed by atoms with E-state index in [1.54, 1.807) is 24.8 Å². The summed E-state index contributed by atoms with van der Waals surface area (Å²) in [5.74, 6) is 0.175. The number of aliphatic hydroxyl groups is 1. The molecule has 0 radical (unpaired) electrons. The first-order valence-corrected chi connectivity index (χ1v) is 13.7. The molecule has 1 aromatic carbocycles. The van der Waals surface area contributed by atoms with Gasteiger partial charge in [-0.25, -0.2) is 4.79 Å². The van der Waals surface area contributed by atoms with E-state index in [-0.39, 0.29) is 42.0 Å². The number of carboxylic acid groups (broad SMARTS) is 1. The zero-order valence-corrected chi connectivity index (χ0v) is 24.2. The number of fused-ring (bicyclic) bond motifs is 1. The van der Waals surface area contributed by atoms with Crippen LogP contribution in [0.1, 0.15) is 90.1 Å². The van der Waals surface area contributed by atoms with Gasteiger partial charge in [-0.2, -0.15) is 0 Å². The lowest BCUT2D eigenvalue weighted by atomic mass is 9.76. The van der Waals surface area contributed by atoms with Crippen molar-refractivity contribution in [3.05, 3.63) is 23.3 Å². The first kappa shape index (κ1) is 29.7. The average molecular weight is 532 g/mol. The molecule has 0 bridgehead atoms. The molecule has 3 rings (SSSR count). The summed E-state index contributed by atoms with van der Waals surface area (Å²) in [7, 11) is 0. The monoisotopic (exact) mass is 531 g/mol. The van der Waals surface area contributed by atoms with Crippen LogP contribution in [0.15, 0.2) is 12.1 Å². The van der Waals surface area contributed by atoms with Crippen LogP contribution in [0.3, 0.4) is 0 Å². The molecule has 1 unspecified atom stereocenters. The van der Waals surface area contributed by atoms with E-state index >= 15 is 0 Å². The largest absolute Gasteiger partial charge is 0.476 e. The van der Waals surface area contributed by atoms with E-state index < -0.39 is 11.7 Å². The molecule has 1 fully saturated rings. The quantitative estimate of drug-likeness (QED) is 0.495. The van der Waals surface area contributed by atoms with Crippen molar-refractivity contribution in [2.75, 3.05) is 24.6 Å². The number of carbonyl (C=O) groups excluding carboxylic acids is 2. The second-order valence-corrected chi connectivity index (χ2v) is 12.4. The zero-order chi connectivity index (χ0) is 28.6. The Bertz CT molecular complexity index is 1060. The maximum absolute atomic E-state index is 14.3. The fourth-order valence-corrected chi connectivity index (χ4v) is 5.98. The second-order valence-electron chi connectivity index (χ2n) is 12.4. The minimum atomic E-state index is -1.05. The van der Waals surface area contributed by atoms with Gasteiger partial charge in [-0.05, 0) is 83.4 Å². The molecule has 2 aliphatic heterocycles. The molecule has 9 nitrogen and oxygen atoms in total. The summed E-state index contributed by atoms with van der Waals surface area (Å²) in [6.07, 6.45) is 1.61. The number of carbonyl (C=O) groups is 3. The van der Waals surface area contributed by atoms with Crippen molar-refractivity contribution in [1.29, 1.82) is 0 Å². The van der Waals surface area contributed by atoms with Crippen LogP contribution in [0, 0.1) is 12.3 Å². The van der Waals surface area contributed by atoms with Crippen molar-refractivity contribution in [3.63, 3.8) is 0 Å². The molecule has 2 atom stereocenters. The number of hydrogen-bond donors (Lipinski definition) is 2. The van der Waals surface area contributed by atoms with Gasteiger partial charge < -0.3 is 29.6 Å². The molecule has 2 aliphatic rings. The Balaban J connectivity index is 2.08. The van der Waals surface area contributed by atoms with Crippen LogP contribution in [-0.4, -0.2) is 81.3 Å². The molecule has 0 spiro atoms. The standard InChI is InChI=1S/C29H45N3O6/c1-18(2)32(21-12-11-14-31(27(36)37)24(21)28(4,5)6)25(34)20-17-22-23(16-19(20)3)38-29(7,8)26(35)30(22)13-9-10-15-33/h16-18,21,24,33H,9-15H2,1-8H3,(H,36,37)/t21-,24?/m1/s1. The topological polar surface area (TPSA) is 111 Å². The highest BCUT2D eigenvalue weighted by Gasteiger charge is 2.47. The van der Waals surface area contributed by atoms with Gasteiger partial charge in [0.15, 0.2) is 5.60 Å². The Morgan fingerprint density at radius 1 is 1.21 bits per heavy atom. The highest BCUT2D eigenvalue weighted by Crippen LogP contribution is 2.41. The Hall–Kier alpha value is -2.81. The smallest absolute Gasteiger partial charge is 0.407 e. The number of anilines is 1. The molecule has 2 N–H and O–H groups in total. The maximum Gasteiger partial charge on any atom is 0.407 e. The number of aliphatic hydroxyl groups excluding tert-OH is 1. The van der Waals surface area contributed by atoms with Crippen LogP contribution in [0.5, 0.6) is 5.75 Å². The first-order valence-electron chi connectivity index (χ1n) is 13.7. The number of likely N-dealkylation sites (tertiary alicyclic amines) is 1. The van der Waals surface area contributed by atoms with Gasteiger partial charge in [-0.3, -0.25) is 9.59 Å². The number of ether oxygens (including phenoxy) is 1. The van der Waals surface area contributed by atoms with E-state index in [1.165, 1.54) is 4.90 Å². The Labute approximate surface area is 226 Å². The van der Waals surface area contributed by atoms with Gasteiger partial charge in [0.05, 0.1) is 17.8 Å². The van der Waals surface area contributed by atoms with E-state index in [2.05, 4.69) is 0 Å². The van der Waals surface area contributed by atoms with Crippen LogP contribution in [0.2, 0.25) is 0 Å². The predicted molar refractivity (Wildman–Crippen MR) is 147 cm³/mol. The molecule has 38 heavy (non-hydrogen) atoms. The number of rotatable bonds is 7. The Morgan fingerprint density at radius 3 is 2.42 bits per heavy atom. The van der Waals surface area contributed by atoms with Gasteiger partial charge in [0.25, 0.3) is 11.8 Å². The molecule has 3 amide bonds. The molecular formula is C29H45N3O6. The molecule has 212 valence electrons. The summed E-state index contributed by atoms with van der Waals surface area (Å²) < 4.78 is 6.07. The number of piperidine rings is 1. The van der Waals surface area contributed by atoms with Gasteiger partial charge in [0.2, 0.25) is 0 Å². The van der Waals surface area contributed by atoms with Crippen LogP contribution in [0.4, 0.5) is 10.5 Å². The van der Waals surface area contributed by atoms with Crippen LogP contribution < -0.4 is 9.64 Å². The third kappa shape index (κ3) is 5.77. The molecule has 0 aromatic heterocycles. The number of aryl methyl sites for hydroxylation is 1. The van der Waals surface area contributed by atoms with Crippen molar-refractivity contribution in [1.82, 2.24) is 9.80 Å². The lowest BCUT2D eigenvalue weighted by Crippen LogP contribution is -2.63. The predicted octanol–water partition coefficient (Wildman–Crippen LogP) is 4.68. The third-order valence-electron chi connectivity index (χ3n) is 7.62. The first-order chi connectivity index (χ1) is 17.6. The van der Waals surface area contributed by atoms with Gasteiger partial charge in [-0.1, -0.05) is 20.8 Å². The SMILES string of the molecule is Cc1cc2c(cc1C(=O)N(C(C)C)[C@@H]1CCCN(C(=O)O)C1C(C)(C)C)N(CCCCO)C(=O)C(C)(C)O2. The summed E-state index contributed by atoms with van der Waals surface area (Å²) in [6, 6.07) is 2.75. The van der Waals surface area contributed by atoms with Crippen molar-refractivity contribution in [3.8, 4) is 5.75 Å². The maximum atomic E-state index is 14.3. The number of nitrogens with zero attached hydrogens (tertiary/aromatic N) is 3. The van der Waals surface area contributed by atoms with Gasteiger partial charge in [-0.15, -0.1) is 0 Å². The molecular weight excluding hydrogens is 486 g/mol. The van der Waals surface area contributed by atoms with Crippen LogP contribution in [-0.2, 0) is 4.79 Å². The number of amides is 3. The number of hydrogen-bond acceptors (Lipinski definition) is 5. The summed E-state index contributed by atoms with van der Waals surface area (Å²) in [4.78, 5) is 44.8. The van der Waals surface area contributed by atoms with Crippen molar-refractivity contribution in [2.45, 2.75) is 105 Å². The van der Waals surface area contributed by atoms with Gasteiger partial charge in [0, 0.05) is 31.3 Å². The third-order valence-corrected chi connectivity index (χ3v) is 7.62. The fraction of sp³-hybridized carbons (Fsp3) is 0.690. The van der Waals surface area contributed by atoms with E-state index in [0.717, 1.165) is 5.56 Å². The van der Waals surface area contributed by atoms with E-state index in [4.69, 9.17) is 4.74 Å². The fourth-order valence-electron chi connectivity index (χ4n) is 5.98. The summed E-state index contributed by atoms with van der Waals surface area (Å²) in [5, 5.41) is 19.2. The van der Waals surface area contributed by atoms with Gasteiger partial charge >= 0.3 is 6.09 Å². The van der Waals surface area contributed by atoms with Crippen molar-refractivity contribution in [2.24, 2.45) is 5.41 Å². The number of benzene rings is 1. The van der Waals surface area contributed by atoms with E-state index in [9.17, 15) is 24.6 Å². The lowest BCUT2D eigenvalue weighted by molar-refractivity contribution is -0.132. The van der Waals surface area contributed by atoms with Crippen LogP contribution in [0.25, 0.3) is 0 Å². The summed E-state index contributed by atoms with van der Waals surface area (Å²) >= 11 is 0. The molecule has 9 heteroatoms. The van der Waals surface area contributed by atoms with Crippen LogP contribution >= 0.6 is 0 Å². The van der Waals surface area contributed by atoms with E-state index in [0.29, 0.717) is 55.8 Å². The summed E-state index contributed by atoms with van der Waals surface area (Å²) in [5.41, 5.74) is 0.333. The zero-order valence-electron chi connectivity index (χ0n) is 24.2. The Morgan fingerprint density at radius 2 is 1.87 bits per heavy atom. The summed E-state index contributed by atoms with van der Waals surface area (Å²) in [6.45, 7) is 16.2. The van der Waals surface area contributed by atoms with Crippen molar-refractivity contribution < 1.29 is 29.3 Å². The van der Waals surface area contributed by atoms with E-state index in [1.807, 2.05) is 52.5 Å². The molecule has 2 heterocycles. The minimum Gasteiger partial charge on any atom is -0.476 e. The molecule has 0 aliphatic carbocycles.